The van der Waals surface area contributed by atoms with E-state index >= 15 is 0 Å². The number of nitrogens with one attached hydrogen (secondary N) is 2. The van der Waals surface area contributed by atoms with Gasteiger partial charge in [0.15, 0.2) is 0 Å². The third-order valence-corrected chi connectivity index (χ3v) is 4.76. The normalized spacial score (nSPS) is 16.3. The number of hydrogen-bond acceptors (Lipinski definition) is 3. The summed E-state index contributed by atoms with van der Waals surface area (Å²) in [5, 5.41) is 5.83. The van der Waals surface area contributed by atoms with Crippen molar-refractivity contribution in [1.82, 2.24) is 10.2 Å². The van der Waals surface area contributed by atoms with Gasteiger partial charge in [0.25, 0.3) is 0 Å². The lowest BCUT2D eigenvalue weighted by molar-refractivity contribution is -0.126. The number of carbonyl (C=O) groups excluding carboxylic acids is 2. The molecule has 1 heterocycles. The van der Waals surface area contributed by atoms with Gasteiger partial charge in [-0.15, -0.1) is 0 Å². The van der Waals surface area contributed by atoms with Crippen LogP contribution in [0, 0.1) is 12.8 Å². The van der Waals surface area contributed by atoms with Crippen molar-refractivity contribution >= 4 is 17.6 Å². The quantitative estimate of drug-likeness (QED) is 0.753. The summed E-state index contributed by atoms with van der Waals surface area (Å²) in [7, 11) is 0. The molecule has 6 nitrogen and oxygen atoms in total. The molecule has 2 aromatic rings. The van der Waals surface area contributed by atoms with Crippen LogP contribution in [0.15, 0.2) is 54.6 Å². The molecule has 0 aliphatic carbocycles. The number of urea groups is 1. The number of rotatable bonds is 6. The zero-order valence-corrected chi connectivity index (χ0v) is 16.2. The number of para-hydroxylation sites is 1. The van der Waals surface area contributed by atoms with Crippen LogP contribution in [0.2, 0.25) is 0 Å². The number of hydrogen-bond donors (Lipinski definition) is 2. The summed E-state index contributed by atoms with van der Waals surface area (Å²) in [6, 6.07) is 17.0. The van der Waals surface area contributed by atoms with Gasteiger partial charge in [-0.1, -0.05) is 30.3 Å². The first-order valence-corrected chi connectivity index (χ1v) is 9.70. The molecule has 0 spiro atoms. The summed E-state index contributed by atoms with van der Waals surface area (Å²) in [6.45, 7) is 3.94. The molecule has 1 fully saturated rings. The third kappa shape index (κ3) is 5.74. The third-order valence-electron chi connectivity index (χ3n) is 4.76. The molecule has 28 heavy (non-hydrogen) atoms. The number of nitrogens with zero attached hydrogens (tertiary/aromatic N) is 1. The highest BCUT2D eigenvalue weighted by Crippen LogP contribution is 2.18. The van der Waals surface area contributed by atoms with Crippen molar-refractivity contribution in [2.24, 2.45) is 5.92 Å². The van der Waals surface area contributed by atoms with Gasteiger partial charge in [-0.05, 0) is 49.6 Å². The van der Waals surface area contributed by atoms with Crippen LogP contribution in [0.25, 0.3) is 0 Å². The summed E-state index contributed by atoms with van der Waals surface area (Å²) < 4.78 is 5.59. The van der Waals surface area contributed by atoms with E-state index in [9.17, 15) is 9.59 Å². The van der Waals surface area contributed by atoms with Gasteiger partial charge in [0.1, 0.15) is 12.4 Å². The maximum atomic E-state index is 12.5. The van der Waals surface area contributed by atoms with E-state index in [1.54, 1.807) is 4.90 Å². The van der Waals surface area contributed by atoms with Crippen molar-refractivity contribution < 1.29 is 14.3 Å². The molecule has 0 aromatic heterocycles. The summed E-state index contributed by atoms with van der Waals surface area (Å²) in [5.74, 6) is 0.576. The topological polar surface area (TPSA) is 70.7 Å². The largest absolute Gasteiger partial charge is 0.492 e. The molecule has 3 amide bonds. The van der Waals surface area contributed by atoms with Crippen LogP contribution in [0.1, 0.15) is 18.4 Å². The van der Waals surface area contributed by atoms with Crippen molar-refractivity contribution in [1.29, 1.82) is 0 Å². The second kappa shape index (κ2) is 9.78. The Morgan fingerprint density at radius 2 is 1.96 bits per heavy atom. The fourth-order valence-electron chi connectivity index (χ4n) is 3.31. The van der Waals surface area contributed by atoms with Gasteiger partial charge in [0.2, 0.25) is 5.91 Å². The molecule has 6 heteroatoms. The maximum absolute atomic E-state index is 12.5. The minimum atomic E-state index is -0.186. The molecule has 3 rings (SSSR count). The van der Waals surface area contributed by atoms with E-state index in [1.165, 1.54) is 0 Å². The van der Waals surface area contributed by atoms with E-state index in [2.05, 4.69) is 10.6 Å². The van der Waals surface area contributed by atoms with Crippen LogP contribution in [-0.4, -0.2) is 43.1 Å². The number of anilines is 1. The summed E-state index contributed by atoms with van der Waals surface area (Å²) >= 11 is 0. The first kappa shape index (κ1) is 19.7. The van der Waals surface area contributed by atoms with Crippen LogP contribution in [0.3, 0.4) is 0 Å². The minimum absolute atomic E-state index is 0.0234. The molecule has 2 N–H and O–H groups in total. The van der Waals surface area contributed by atoms with Gasteiger partial charge in [0, 0.05) is 18.8 Å². The Hall–Kier alpha value is -3.02. The van der Waals surface area contributed by atoms with E-state index in [4.69, 9.17) is 4.74 Å². The number of amides is 3. The first-order valence-electron chi connectivity index (χ1n) is 9.70. The lowest BCUT2D eigenvalue weighted by atomic mass is 9.97. The Balaban J connectivity index is 1.43. The molecule has 1 saturated heterocycles. The zero-order chi connectivity index (χ0) is 19.8. The first-order chi connectivity index (χ1) is 13.6. The van der Waals surface area contributed by atoms with Gasteiger partial charge in [-0.3, -0.25) is 4.79 Å². The fraction of sp³-hybridized carbons (Fsp3) is 0.364. The zero-order valence-electron chi connectivity index (χ0n) is 16.2. The molecule has 148 valence electrons. The SMILES string of the molecule is Cc1cccc(NC(=O)N2CCCC(C(=O)NCCOc3ccccc3)C2)c1. The number of ether oxygens (including phenoxy) is 1. The van der Waals surface area contributed by atoms with Crippen molar-refractivity contribution in [3.05, 3.63) is 60.2 Å². The number of piperidine rings is 1. The molecule has 0 radical (unpaired) electrons. The molecule has 0 bridgehead atoms. The Morgan fingerprint density at radius 1 is 1.14 bits per heavy atom. The molecular formula is C22H27N3O3. The van der Waals surface area contributed by atoms with Crippen molar-refractivity contribution in [2.45, 2.75) is 19.8 Å². The summed E-state index contributed by atoms with van der Waals surface area (Å²) in [4.78, 5) is 26.7. The monoisotopic (exact) mass is 381 g/mol. The maximum Gasteiger partial charge on any atom is 0.321 e. The predicted molar refractivity (Wildman–Crippen MR) is 109 cm³/mol. The lowest BCUT2D eigenvalue weighted by Gasteiger charge is -2.32. The number of aryl methyl sites for hydroxylation is 1. The Kier molecular flexibility index (Phi) is 6.89. The van der Waals surface area contributed by atoms with E-state index < -0.39 is 0 Å². The smallest absolute Gasteiger partial charge is 0.321 e. The van der Waals surface area contributed by atoms with Crippen molar-refractivity contribution in [3.8, 4) is 5.75 Å². The average Bonchev–Trinajstić information content (AvgIpc) is 2.72. The minimum Gasteiger partial charge on any atom is -0.492 e. The standard InChI is InChI=1S/C22H27N3O3/c1-17-7-5-9-19(15-17)24-22(27)25-13-6-8-18(16-25)21(26)23-12-14-28-20-10-3-2-4-11-20/h2-5,7,9-11,15,18H,6,8,12-14,16H2,1H3,(H,23,26)(H,24,27). The van der Waals surface area contributed by atoms with Gasteiger partial charge < -0.3 is 20.3 Å². The molecule has 1 aliphatic rings. The molecular weight excluding hydrogens is 354 g/mol. The average molecular weight is 381 g/mol. The Labute approximate surface area is 165 Å². The van der Waals surface area contributed by atoms with Gasteiger partial charge in [-0.2, -0.15) is 0 Å². The predicted octanol–water partition coefficient (Wildman–Crippen LogP) is 3.43. The molecule has 2 aromatic carbocycles. The highest BCUT2D eigenvalue weighted by molar-refractivity contribution is 5.90. The lowest BCUT2D eigenvalue weighted by Crippen LogP contribution is -2.47. The highest BCUT2D eigenvalue weighted by atomic mass is 16.5. The van der Waals surface area contributed by atoms with Gasteiger partial charge >= 0.3 is 6.03 Å². The molecule has 0 saturated carbocycles. The molecule has 1 aliphatic heterocycles. The number of likely N-dealkylation sites (tertiary alicyclic amines) is 1. The van der Waals surface area contributed by atoms with E-state index in [0.717, 1.165) is 29.8 Å². The van der Waals surface area contributed by atoms with E-state index in [-0.39, 0.29) is 17.9 Å². The second-order valence-corrected chi connectivity index (χ2v) is 7.04. The van der Waals surface area contributed by atoms with E-state index in [1.807, 2.05) is 61.5 Å². The van der Waals surface area contributed by atoms with Crippen LogP contribution in [0.5, 0.6) is 5.75 Å². The summed E-state index contributed by atoms with van der Waals surface area (Å²) in [6.07, 6.45) is 1.61. The van der Waals surface area contributed by atoms with Crippen molar-refractivity contribution in [2.75, 3.05) is 31.6 Å². The van der Waals surface area contributed by atoms with Gasteiger partial charge in [-0.25, -0.2) is 4.79 Å². The second-order valence-electron chi connectivity index (χ2n) is 7.04. The summed E-state index contributed by atoms with van der Waals surface area (Å²) in [5.41, 5.74) is 1.86. The van der Waals surface area contributed by atoms with Crippen LogP contribution < -0.4 is 15.4 Å². The van der Waals surface area contributed by atoms with E-state index in [0.29, 0.717) is 26.2 Å². The molecule has 1 unspecified atom stereocenters. The Bertz CT molecular complexity index is 795. The Morgan fingerprint density at radius 3 is 2.75 bits per heavy atom. The highest BCUT2D eigenvalue weighted by Gasteiger charge is 2.28. The fourth-order valence-corrected chi connectivity index (χ4v) is 3.31. The molecule has 1 atom stereocenters. The van der Waals surface area contributed by atoms with Crippen LogP contribution in [0.4, 0.5) is 10.5 Å². The van der Waals surface area contributed by atoms with Crippen molar-refractivity contribution in [3.63, 3.8) is 0 Å². The number of benzene rings is 2. The van der Waals surface area contributed by atoms with Gasteiger partial charge in [0.05, 0.1) is 12.5 Å². The van der Waals surface area contributed by atoms with Crippen LogP contribution in [-0.2, 0) is 4.79 Å². The number of carbonyl (C=O) groups is 2. The van der Waals surface area contributed by atoms with Crippen LogP contribution >= 0.6 is 0 Å².